The number of halogens is 1. The van der Waals surface area contributed by atoms with Crippen LogP contribution >= 0.6 is 11.3 Å². The van der Waals surface area contributed by atoms with Gasteiger partial charge in [0.2, 0.25) is 0 Å². The van der Waals surface area contributed by atoms with Gasteiger partial charge in [-0.15, -0.1) is 11.3 Å². The molecule has 0 spiro atoms. The zero-order chi connectivity index (χ0) is 17.1. The van der Waals surface area contributed by atoms with Crippen LogP contribution in [-0.2, 0) is 6.54 Å². The van der Waals surface area contributed by atoms with Crippen molar-refractivity contribution < 1.29 is 9.18 Å². The third kappa shape index (κ3) is 3.75. The highest BCUT2D eigenvalue weighted by molar-refractivity contribution is 7.13. The number of carbonyl (C=O) groups is 1. The summed E-state index contributed by atoms with van der Waals surface area (Å²) in [5.74, 6) is -0.717. The maximum absolute atomic E-state index is 13.3. The molecule has 3 aromatic rings. The lowest BCUT2D eigenvalue weighted by Gasteiger charge is -2.08. The number of thiazole rings is 1. The second-order valence-corrected chi connectivity index (χ2v) is 6.12. The molecule has 2 aromatic heterocycles. The van der Waals surface area contributed by atoms with Crippen molar-refractivity contribution in [1.29, 1.82) is 0 Å². The summed E-state index contributed by atoms with van der Waals surface area (Å²) in [5.41, 5.74) is 1.54. The summed E-state index contributed by atoms with van der Waals surface area (Å²) in [7, 11) is 0. The van der Waals surface area contributed by atoms with Crippen molar-refractivity contribution in [2.24, 2.45) is 0 Å². The number of aryl methyl sites for hydroxylation is 1. The number of rotatable bonds is 4. The molecule has 1 N–H and O–H groups in total. The highest BCUT2D eigenvalue weighted by Gasteiger charge is 2.10. The standard InChI is InChI=1S/C17H14FN3O2S/c1-11-10-24-17(19-11)20-16(23)13-5-6-15(22)21(9-13)8-12-3-2-4-14(18)7-12/h2-7,9-10H,8H2,1H3,(H,19,20,23). The van der Waals surface area contributed by atoms with Gasteiger partial charge in [0.1, 0.15) is 5.82 Å². The number of nitrogens with zero attached hydrogens (tertiary/aromatic N) is 2. The first kappa shape index (κ1) is 16.1. The summed E-state index contributed by atoms with van der Waals surface area (Å²) in [6, 6.07) is 8.78. The average Bonchev–Trinajstić information content (AvgIpc) is 2.94. The van der Waals surface area contributed by atoms with Crippen LogP contribution in [0.3, 0.4) is 0 Å². The number of nitrogens with one attached hydrogen (secondary N) is 1. The van der Waals surface area contributed by atoms with E-state index < -0.39 is 0 Å². The van der Waals surface area contributed by atoms with E-state index in [1.807, 2.05) is 12.3 Å². The van der Waals surface area contributed by atoms with E-state index in [1.165, 1.54) is 46.4 Å². The van der Waals surface area contributed by atoms with Crippen LogP contribution in [-0.4, -0.2) is 15.5 Å². The second-order valence-electron chi connectivity index (χ2n) is 5.26. The minimum Gasteiger partial charge on any atom is -0.310 e. The number of aromatic nitrogens is 2. The average molecular weight is 343 g/mol. The first-order valence-corrected chi connectivity index (χ1v) is 8.07. The molecule has 0 aliphatic heterocycles. The SMILES string of the molecule is Cc1csc(NC(=O)c2ccc(=O)n(Cc3cccc(F)c3)c2)n1. The Balaban J connectivity index is 1.83. The summed E-state index contributed by atoms with van der Waals surface area (Å²) in [5, 5.41) is 5.03. The van der Waals surface area contributed by atoms with Gasteiger partial charge < -0.3 is 4.57 Å². The molecular weight excluding hydrogens is 329 g/mol. The van der Waals surface area contributed by atoms with Crippen molar-refractivity contribution in [2.45, 2.75) is 13.5 Å². The van der Waals surface area contributed by atoms with E-state index in [2.05, 4.69) is 10.3 Å². The molecule has 2 heterocycles. The lowest BCUT2D eigenvalue weighted by molar-refractivity contribution is 0.102. The third-order valence-corrected chi connectivity index (χ3v) is 4.20. The summed E-state index contributed by atoms with van der Waals surface area (Å²) < 4.78 is 14.6. The van der Waals surface area contributed by atoms with Gasteiger partial charge in [-0.25, -0.2) is 9.37 Å². The van der Waals surface area contributed by atoms with Crippen molar-refractivity contribution in [2.75, 3.05) is 5.32 Å². The van der Waals surface area contributed by atoms with E-state index in [0.29, 0.717) is 16.3 Å². The number of pyridine rings is 1. The van der Waals surface area contributed by atoms with Gasteiger partial charge in [-0.3, -0.25) is 14.9 Å². The summed E-state index contributed by atoms with van der Waals surface area (Å²) in [6.07, 6.45) is 1.46. The summed E-state index contributed by atoms with van der Waals surface area (Å²) in [4.78, 5) is 28.4. The zero-order valence-corrected chi connectivity index (χ0v) is 13.6. The lowest BCUT2D eigenvalue weighted by atomic mass is 10.2. The van der Waals surface area contributed by atoms with E-state index in [1.54, 1.807) is 12.1 Å². The predicted octanol–water partition coefficient (Wildman–Crippen LogP) is 3.05. The van der Waals surface area contributed by atoms with Crippen LogP contribution in [0.2, 0.25) is 0 Å². The van der Waals surface area contributed by atoms with E-state index in [4.69, 9.17) is 0 Å². The van der Waals surface area contributed by atoms with E-state index in [-0.39, 0.29) is 23.8 Å². The fraction of sp³-hybridized carbons (Fsp3) is 0.118. The van der Waals surface area contributed by atoms with Crippen molar-refractivity contribution in [1.82, 2.24) is 9.55 Å². The molecule has 7 heteroatoms. The second kappa shape index (κ2) is 6.76. The van der Waals surface area contributed by atoms with Crippen LogP contribution in [0.1, 0.15) is 21.6 Å². The number of hydrogen-bond acceptors (Lipinski definition) is 4. The normalized spacial score (nSPS) is 10.6. The van der Waals surface area contributed by atoms with Gasteiger partial charge in [0.05, 0.1) is 17.8 Å². The Labute approximate surface area is 141 Å². The molecule has 0 saturated heterocycles. The van der Waals surface area contributed by atoms with E-state index in [9.17, 15) is 14.0 Å². The topological polar surface area (TPSA) is 64.0 Å². The summed E-state index contributed by atoms with van der Waals surface area (Å²) >= 11 is 1.33. The highest BCUT2D eigenvalue weighted by Crippen LogP contribution is 2.15. The molecule has 0 saturated carbocycles. The molecule has 0 aliphatic rings. The maximum atomic E-state index is 13.3. The van der Waals surface area contributed by atoms with Crippen LogP contribution in [0.5, 0.6) is 0 Å². The lowest BCUT2D eigenvalue weighted by Crippen LogP contribution is -2.22. The molecule has 0 fully saturated rings. The number of hydrogen-bond donors (Lipinski definition) is 1. The number of anilines is 1. The Morgan fingerprint density at radius 2 is 2.17 bits per heavy atom. The fourth-order valence-corrected chi connectivity index (χ4v) is 2.89. The molecule has 1 amide bonds. The Hall–Kier alpha value is -2.80. The Kier molecular flexibility index (Phi) is 4.52. The molecule has 5 nitrogen and oxygen atoms in total. The maximum Gasteiger partial charge on any atom is 0.258 e. The monoisotopic (exact) mass is 343 g/mol. The number of carbonyl (C=O) groups excluding carboxylic acids is 1. The van der Waals surface area contributed by atoms with E-state index >= 15 is 0 Å². The van der Waals surface area contributed by atoms with Crippen molar-refractivity contribution in [3.05, 3.63) is 81.0 Å². The van der Waals surface area contributed by atoms with Crippen LogP contribution in [0, 0.1) is 12.7 Å². The zero-order valence-electron chi connectivity index (χ0n) is 12.8. The van der Waals surface area contributed by atoms with Crippen LogP contribution in [0.15, 0.2) is 52.8 Å². The smallest absolute Gasteiger partial charge is 0.258 e. The van der Waals surface area contributed by atoms with Gasteiger partial charge in [-0.2, -0.15) is 0 Å². The molecule has 1 aromatic carbocycles. The van der Waals surface area contributed by atoms with Crippen molar-refractivity contribution >= 4 is 22.4 Å². The minimum absolute atomic E-state index is 0.189. The van der Waals surface area contributed by atoms with Gasteiger partial charge in [0.25, 0.3) is 11.5 Å². The number of amides is 1. The highest BCUT2D eigenvalue weighted by atomic mass is 32.1. The Bertz CT molecular complexity index is 949. The van der Waals surface area contributed by atoms with Crippen molar-refractivity contribution in [3.63, 3.8) is 0 Å². The van der Waals surface area contributed by atoms with Crippen LogP contribution in [0.25, 0.3) is 0 Å². The minimum atomic E-state index is -0.367. The van der Waals surface area contributed by atoms with Gasteiger partial charge in [0.15, 0.2) is 5.13 Å². The first-order valence-electron chi connectivity index (χ1n) is 7.20. The van der Waals surface area contributed by atoms with Gasteiger partial charge in [-0.05, 0) is 30.7 Å². The quantitative estimate of drug-likeness (QED) is 0.792. The van der Waals surface area contributed by atoms with Crippen LogP contribution in [0.4, 0.5) is 9.52 Å². The first-order chi connectivity index (χ1) is 11.5. The predicted molar refractivity (Wildman–Crippen MR) is 91.0 cm³/mol. The molecule has 0 atom stereocenters. The molecular formula is C17H14FN3O2S. The Morgan fingerprint density at radius 1 is 1.33 bits per heavy atom. The molecule has 122 valence electrons. The molecule has 0 radical (unpaired) electrons. The third-order valence-electron chi connectivity index (χ3n) is 3.33. The Morgan fingerprint density at radius 3 is 2.88 bits per heavy atom. The van der Waals surface area contributed by atoms with Crippen molar-refractivity contribution in [3.8, 4) is 0 Å². The van der Waals surface area contributed by atoms with Gasteiger partial charge in [0, 0.05) is 17.6 Å². The largest absolute Gasteiger partial charge is 0.310 e. The molecule has 0 bridgehead atoms. The fourth-order valence-electron chi connectivity index (χ4n) is 2.20. The molecule has 0 unspecified atom stereocenters. The van der Waals surface area contributed by atoms with Gasteiger partial charge >= 0.3 is 0 Å². The van der Waals surface area contributed by atoms with Gasteiger partial charge in [-0.1, -0.05) is 12.1 Å². The molecule has 0 aliphatic carbocycles. The number of benzene rings is 1. The molecule has 24 heavy (non-hydrogen) atoms. The van der Waals surface area contributed by atoms with Crippen LogP contribution < -0.4 is 10.9 Å². The summed E-state index contributed by atoms with van der Waals surface area (Å²) in [6.45, 7) is 2.03. The van der Waals surface area contributed by atoms with E-state index in [0.717, 1.165) is 5.69 Å². The molecule has 3 rings (SSSR count).